The predicted octanol–water partition coefficient (Wildman–Crippen LogP) is 5.22. The second-order valence-corrected chi connectivity index (χ2v) is 6.97. The van der Waals surface area contributed by atoms with E-state index in [0.29, 0.717) is 0 Å². The number of aryl methyl sites for hydroxylation is 1. The lowest BCUT2D eigenvalue weighted by Gasteiger charge is -2.36. The van der Waals surface area contributed by atoms with Crippen LogP contribution in [0.25, 0.3) is 5.57 Å². The maximum absolute atomic E-state index is 8.95. The van der Waals surface area contributed by atoms with E-state index in [0.717, 1.165) is 12.1 Å². The van der Waals surface area contributed by atoms with E-state index in [1.165, 1.54) is 60.8 Å². The lowest BCUT2D eigenvalue weighted by Crippen LogP contribution is -2.26. The van der Waals surface area contributed by atoms with Gasteiger partial charge in [-0.3, -0.25) is 0 Å². The molecule has 114 valence electrons. The first-order chi connectivity index (χ1) is 10.6. The molecule has 1 aromatic rings. The summed E-state index contributed by atoms with van der Waals surface area (Å²) in [6.07, 6.45) is 13.4. The summed E-state index contributed by atoms with van der Waals surface area (Å²) in [5.41, 5.74) is 6.31. The van der Waals surface area contributed by atoms with Crippen molar-refractivity contribution in [2.75, 3.05) is 0 Å². The molecule has 1 fully saturated rings. The maximum atomic E-state index is 8.95. The first-order valence-electron chi connectivity index (χ1n) is 8.40. The molecule has 0 amide bonds. The van der Waals surface area contributed by atoms with Crippen molar-refractivity contribution in [1.29, 1.82) is 5.26 Å². The zero-order valence-corrected chi connectivity index (χ0v) is 13.7. The van der Waals surface area contributed by atoms with Crippen molar-refractivity contribution in [3.63, 3.8) is 0 Å². The van der Waals surface area contributed by atoms with Gasteiger partial charge in [-0.2, -0.15) is 10.3 Å². The quantitative estimate of drug-likeness (QED) is 0.516. The Bertz CT molecular complexity index is 665. The van der Waals surface area contributed by atoms with E-state index in [1.54, 1.807) is 0 Å². The molecule has 0 saturated heterocycles. The van der Waals surface area contributed by atoms with Crippen LogP contribution < -0.4 is 0 Å². The van der Waals surface area contributed by atoms with Crippen LogP contribution in [0.5, 0.6) is 0 Å². The molecule has 3 rings (SSSR count). The van der Waals surface area contributed by atoms with Gasteiger partial charge in [0, 0.05) is 5.57 Å². The Balaban J connectivity index is 2.12. The number of nitrogens with zero attached hydrogens (tertiary/aromatic N) is 2. The van der Waals surface area contributed by atoms with Crippen molar-refractivity contribution in [1.82, 2.24) is 0 Å². The number of benzene rings is 1. The molecule has 2 heteroatoms. The largest absolute Gasteiger partial charge is 0.205 e. The normalized spacial score (nSPS) is 20.8. The number of fused-ring (bicyclic) bond motifs is 1. The molecule has 1 saturated carbocycles. The fourth-order valence-electron chi connectivity index (χ4n) is 4.10. The van der Waals surface area contributed by atoms with Gasteiger partial charge >= 0.3 is 0 Å². The van der Waals surface area contributed by atoms with Crippen molar-refractivity contribution in [3.8, 4) is 6.19 Å². The SMILES string of the molecule is CC(=NC#N)C1=CC2(CCCCCC2)Cc2ccc(C)cc21. The van der Waals surface area contributed by atoms with Crippen LogP contribution in [0.3, 0.4) is 0 Å². The summed E-state index contributed by atoms with van der Waals surface area (Å²) in [6.45, 7) is 4.10. The van der Waals surface area contributed by atoms with Crippen LogP contribution in [-0.2, 0) is 6.42 Å². The number of allylic oxidation sites excluding steroid dienone is 2. The van der Waals surface area contributed by atoms with Crippen molar-refractivity contribution in [2.45, 2.75) is 58.8 Å². The molecular weight excluding hydrogens is 268 g/mol. The monoisotopic (exact) mass is 292 g/mol. The fourth-order valence-corrected chi connectivity index (χ4v) is 4.10. The van der Waals surface area contributed by atoms with Gasteiger partial charge in [-0.15, -0.1) is 0 Å². The standard InChI is InChI=1S/C20H24N2/c1-15-7-8-17-12-20(9-5-3-4-6-10-20)13-19(18(17)11-15)16(2)22-14-21/h7-8,11,13H,3-6,9-10,12H2,1-2H3. The van der Waals surface area contributed by atoms with Gasteiger partial charge < -0.3 is 0 Å². The minimum absolute atomic E-state index is 0.278. The van der Waals surface area contributed by atoms with Crippen LogP contribution in [0, 0.1) is 23.8 Å². The van der Waals surface area contributed by atoms with Gasteiger partial charge in [0.2, 0.25) is 6.19 Å². The molecule has 1 aromatic carbocycles. The van der Waals surface area contributed by atoms with Gasteiger partial charge in [0.1, 0.15) is 0 Å². The summed E-state index contributed by atoms with van der Waals surface area (Å²) >= 11 is 0. The van der Waals surface area contributed by atoms with E-state index in [4.69, 9.17) is 5.26 Å². The van der Waals surface area contributed by atoms with E-state index in [2.05, 4.69) is 36.2 Å². The first kappa shape index (κ1) is 15.0. The first-order valence-corrected chi connectivity index (χ1v) is 8.40. The van der Waals surface area contributed by atoms with Crippen molar-refractivity contribution < 1.29 is 0 Å². The molecule has 2 aliphatic rings. The number of nitriles is 1. The van der Waals surface area contributed by atoms with Gasteiger partial charge in [-0.25, -0.2) is 0 Å². The number of hydrogen-bond acceptors (Lipinski definition) is 2. The third kappa shape index (κ3) is 2.86. The molecule has 0 bridgehead atoms. The van der Waals surface area contributed by atoms with E-state index >= 15 is 0 Å². The van der Waals surface area contributed by atoms with Crippen molar-refractivity contribution in [2.24, 2.45) is 10.4 Å². The zero-order valence-electron chi connectivity index (χ0n) is 13.7. The smallest absolute Gasteiger partial charge is 0.178 e. The van der Waals surface area contributed by atoms with Gasteiger partial charge in [0.05, 0.1) is 5.71 Å². The predicted molar refractivity (Wildman–Crippen MR) is 91.7 cm³/mol. The minimum Gasteiger partial charge on any atom is -0.178 e. The van der Waals surface area contributed by atoms with E-state index in [-0.39, 0.29) is 5.41 Å². The van der Waals surface area contributed by atoms with Gasteiger partial charge in [0.15, 0.2) is 0 Å². The molecule has 22 heavy (non-hydrogen) atoms. The highest BCUT2D eigenvalue weighted by molar-refractivity contribution is 6.23. The third-order valence-electron chi connectivity index (χ3n) is 5.26. The summed E-state index contributed by atoms with van der Waals surface area (Å²) in [5, 5.41) is 8.95. The summed E-state index contributed by atoms with van der Waals surface area (Å²) in [6, 6.07) is 6.74. The zero-order chi connectivity index (χ0) is 15.6. The fraction of sp³-hybridized carbons (Fsp3) is 0.500. The van der Waals surface area contributed by atoms with Crippen LogP contribution in [-0.4, -0.2) is 5.71 Å². The highest BCUT2D eigenvalue weighted by Gasteiger charge is 2.34. The molecule has 0 radical (unpaired) electrons. The number of hydrogen-bond donors (Lipinski definition) is 0. The summed E-state index contributed by atoms with van der Waals surface area (Å²) in [7, 11) is 0. The van der Waals surface area contributed by atoms with Crippen LogP contribution in [0.2, 0.25) is 0 Å². The Kier molecular flexibility index (Phi) is 4.16. The number of aliphatic imine (C=N–C) groups is 1. The molecular formula is C20H24N2. The Morgan fingerprint density at radius 1 is 1.18 bits per heavy atom. The Morgan fingerprint density at radius 2 is 1.91 bits per heavy atom. The van der Waals surface area contributed by atoms with Crippen molar-refractivity contribution >= 4 is 11.3 Å². The molecule has 0 unspecified atom stereocenters. The minimum atomic E-state index is 0.278. The van der Waals surface area contributed by atoms with Crippen LogP contribution in [0.4, 0.5) is 0 Å². The molecule has 2 nitrogen and oxygen atoms in total. The lowest BCUT2D eigenvalue weighted by molar-refractivity contribution is 0.324. The lowest BCUT2D eigenvalue weighted by atomic mass is 9.68. The Labute approximate surface area is 133 Å². The molecule has 0 aromatic heterocycles. The van der Waals surface area contributed by atoms with Gasteiger partial charge in [-0.05, 0) is 49.7 Å². The summed E-state index contributed by atoms with van der Waals surface area (Å²) in [5.74, 6) is 0. The van der Waals surface area contributed by atoms with E-state index in [1.807, 2.05) is 13.1 Å². The Hall–Kier alpha value is -1.88. The average Bonchev–Trinajstić information content (AvgIpc) is 2.73. The van der Waals surface area contributed by atoms with Crippen LogP contribution >= 0.6 is 0 Å². The summed E-state index contributed by atoms with van der Waals surface area (Å²) < 4.78 is 0. The summed E-state index contributed by atoms with van der Waals surface area (Å²) in [4.78, 5) is 4.03. The molecule has 0 atom stereocenters. The van der Waals surface area contributed by atoms with E-state index in [9.17, 15) is 0 Å². The number of rotatable bonds is 1. The van der Waals surface area contributed by atoms with Gasteiger partial charge in [0.25, 0.3) is 0 Å². The Morgan fingerprint density at radius 3 is 2.59 bits per heavy atom. The van der Waals surface area contributed by atoms with Crippen LogP contribution in [0.1, 0.15) is 62.1 Å². The maximum Gasteiger partial charge on any atom is 0.205 e. The average molecular weight is 292 g/mol. The van der Waals surface area contributed by atoms with E-state index < -0.39 is 0 Å². The van der Waals surface area contributed by atoms with Crippen LogP contribution in [0.15, 0.2) is 29.3 Å². The third-order valence-corrected chi connectivity index (χ3v) is 5.26. The molecule has 0 heterocycles. The molecule has 2 aliphatic carbocycles. The van der Waals surface area contributed by atoms with Gasteiger partial charge in [-0.1, -0.05) is 55.5 Å². The highest BCUT2D eigenvalue weighted by Crippen LogP contribution is 2.46. The molecule has 0 N–H and O–H groups in total. The molecule has 1 spiro atoms. The second kappa shape index (κ2) is 6.08. The topological polar surface area (TPSA) is 36.1 Å². The molecule has 0 aliphatic heterocycles. The highest BCUT2D eigenvalue weighted by atomic mass is 14.7. The van der Waals surface area contributed by atoms with Crippen molar-refractivity contribution in [3.05, 3.63) is 41.0 Å². The second-order valence-electron chi connectivity index (χ2n) is 6.97.